The number of phenolic OH excluding ortho intramolecular Hbond substituents is 1. The van der Waals surface area contributed by atoms with Crippen LogP contribution in [0.5, 0.6) is 11.8 Å². The van der Waals surface area contributed by atoms with Crippen molar-refractivity contribution in [3.05, 3.63) is 71.1 Å². The summed E-state index contributed by atoms with van der Waals surface area (Å²) in [6.45, 7) is 2.20. The molecule has 3 heterocycles. The lowest BCUT2D eigenvalue weighted by atomic mass is 10.1. The van der Waals surface area contributed by atoms with E-state index in [0.717, 1.165) is 26.8 Å². The van der Waals surface area contributed by atoms with Crippen LogP contribution in [0.15, 0.2) is 54.9 Å². The molecule has 0 atom stereocenters. The molecule has 142 valence electrons. The maximum Gasteiger partial charge on any atom is 0.316 e. The molecule has 0 aliphatic carbocycles. The van der Waals surface area contributed by atoms with Gasteiger partial charge in [0.05, 0.1) is 27.5 Å². The van der Waals surface area contributed by atoms with E-state index in [2.05, 4.69) is 15.0 Å². The second-order valence-corrected chi connectivity index (χ2v) is 7.18. The van der Waals surface area contributed by atoms with Gasteiger partial charge in [-0.05, 0) is 43.3 Å². The highest BCUT2D eigenvalue weighted by Gasteiger charge is 2.13. The predicted octanol–water partition coefficient (Wildman–Crippen LogP) is 4.13. The van der Waals surface area contributed by atoms with E-state index in [9.17, 15) is 5.11 Å². The zero-order valence-corrected chi connectivity index (χ0v) is 16.2. The number of benzene rings is 1. The Morgan fingerprint density at radius 1 is 1.07 bits per heavy atom. The van der Waals surface area contributed by atoms with Crippen LogP contribution in [0, 0.1) is 18.3 Å². The van der Waals surface area contributed by atoms with Gasteiger partial charge in [0.15, 0.2) is 0 Å². The van der Waals surface area contributed by atoms with E-state index < -0.39 is 0 Å². The number of phenols is 1. The molecule has 3 aromatic heterocycles. The summed E-state index contributed by atoms with van der Waals surface area (Å²) in [5, 5.41) is 19.7. The van der Waals surface area contributed by atoms with Crippen molar-refractivity contribution in [3.63, 3.8) is 0 Å². The smallest absolute Gasteiger partial charge is 0.316 e. The Balaban J connectivity index is 1.60. The number of nitriles is 1. The van der Waals surface area contributed by atoms with Crippen LogP contribution in [-0.2, 0) is 6.61 Å². The van der Waals surface area contributed by atoms with Crippen molar-refractivity contribution >= 4 is 11.3 Å². The average molecular weight is 401 g/mol. The number of nitrogens with zero attached hydrogens (tertiary/aromatic N) is 5. The third-order valence-corrected chi connectivity index (χ3v) is 5.26. The summed E-state index contributed by atoms with van der Waals surface area (Å²) in [6, 6.07) is 14.6. The fourth-order valence-electron chi connectivity index (χ4n) is 2.74. The fourth-order valence-corrected chi connectivity index (χ4v) is 3.69. The summed E-state index contributed by atoms with van der Waals surface area (Å²) in [4.78, 5) is 18.3. The molecule has 4 rings (SSSR count). The molecule has 4 aromatic rings. The minimum Gasteiger partial charge on any atom is -0.507 e. The third-order valence-electron chi connectivity index (χ3n) is 4.10. The molecule has 0 radical (unpaired) electrons. The Morgan fingerprint density at radius 3 is 2.66 bits per heavy atom. The van der Waals surface area contributed by atoms with Crippen LogP contribution in [0.1, 0.15) is 16.3 Å². The summed E-state index contributed by atoms with van der Waals surface area (Å²) in [5.41, 5.74) is 3.32. The summed E-state index contributed by atoms with van der Waals surface area (Å²) in [7, 11) is 0. The molecule has 0 spiro atoms. The van der Waals surface area contributed by atoms with Gasteiger partial charge >= 0.3 is 6.01 Å². The fraction of sp³-hybridized carbons (Fsp3) is 0.0952. The monoisotopic (exact) mass is 401 g/mol. The normalized spacial score (nSPS) is 10.5. The van der Waals surface area contributed by atoms with Gasteiger partial charge in [-0.3, -0.25) is 0 Å². The van der Waals surface area contributed by atoms with Crippen LogP contribution in [-0.4, -0.2) is 25.0 Å². The first-order chi connectivity index (χ1) is 14.1. The van der Waals surface area contributed by atoms with Gasteiger partial charge in [0.25, 0.3) is 0 Å². The summed E-state index contributed by atoms with van der Waals surface area (Å²) < 4.78 is 5.58. The van der Waals surface area contributed by atoms with E-state index in [1.54, 1.807) is 30.6 Å². The molecular formula is C21H15N5O2S. The van der Waals surface area contributed by atoms with E-state index in [0.29, 0.717) is 11.7 Å². The van der Waals surface area contributed by atoms with Crippen LogP contribution in [0.2, 0.25) is 0 Å². The number of hydrogen-bond donors (Lipinski definition) is 1. The Labute approximate surface area is 171 Å². The number of hydrogen-bond acceptors (Lipinski definition) is 8. The standard InChI is InChI=1S/C21H15N5O2S/c1-13-20(29-19(25-13)12-28-21-23-8-3-9-24-21)17-5-2-4-16(26-17)14-6-7-18(27)15(10-14)11-22/h2-10,27H,12H2,1H3. The van der Waals surface area contributed by atoms with E-state index >= 15 is 0 Å². The van der Waals surface area contributed by atoms with E-state index in [1.165, 1.54) is 17.4 Å². The van der Waals surface area contributed by atoms with Crippen LogP contribution in [0.25, 0.3) is 21.8 Å². The van der Waals surface area contributed by atoms with Crippen molar-refractivity contribution in [2.75, 3.05) is 0 Å². The second kappa shape index (κ2) is 8.04. The highest BCUT2D eigenvalue weighted by Crippen LogP contribution is 2.31. The molecule has 7 nitrogen and oxygen atoms in total. The molecule has 1 N–H and O–H groups in total. The molecule has 8 heteroatoms. The van der Waals surface area contributed by atoms with Crippen molar-refractivity contribution in [1.82, 2.24) is 19.9 Å². The molecule has 0 bridgehead atoms. The molecule has 29 heavy (non-hydrogen) atoms. The maximum absolute atomic E-state index is 9.72. The molecule has 0 amide bonds. The summed E-state index contributed by atoms with van der Waals surface area (Å²) >= 11 is 1.50. The summed E-state index contributed by atoms with van der Waals surface area (Å²) in [6.07, 6.45) is 3.24. The van der Waals surface area contributed by atoms with Gasteiger partial charge in [-0.25, -0.2) is 19.9 Å². The highest BCUT2D eigenvalue weighted by atomic mass is 32.1. The second-order valence-electron chi connectivity index (χ2n) is 6.09. The van der Waals surface area contributed by atoms with Gasteiger partial charge < -0.3 is 9.84 Å². The molecule has 0 unspecified atom stereocenters. The number of aromatic hydroxyl groups is 1. The molecule has 1 aromatic carbocycles. The first-order valence-corrected chi connectivity index (χ1v) is 9.53. The topological polar surface area (TPSA) is 105 Å². The molecule has 0 aliphatic rings. The van der Waals surface area contributed by atoms with Crippen molar-refractivity contribution < 1.29 is 9.84 Å². The SMILES string of the molecule is Cc1nc(COc2ncccn2)sc1-c1cccc(-c2ccc(O)c(C#N)c2)n1. The molecule has 0 saturated heterocycles. The Morgan fingerprint density at radius 2 is 1.86 bits per heavy atom. The van der Waals surface area contributed by atoms with Gasteiger partial charge in [0, 0.05) is 18.0 Å². The number of pyridine rings is 1. The molecular weight excluding hydrogens is 386 g/mol. The van der Waals surface area contributed by atoms with Gasteiger partial charge in [0.1, 0.15) is 23.4 Å². The zero-order chi connectivity index (χ0) is 20.2. The van der Waals surface area contributed by atoms with Gasteiger partial charge in [-0.15, -0.1) is 11.3 Å². The number of aromatic nitrogens is 4. The van der Waals surface area contributed by atoms with Crippen LogP contribution >= 0.6 is 11.3 Å². The van der Waals surface area contributed by atoms with Crippen molar-refractivity contribution in [2.45, 2.75) is 13.5 Å². The quantitative estimate of drug-likeness (QED) is 0.536. The number of aryl methyl sites for hydroxylation is 1. The Hall–Kier alpha value is -3.83. The first-order valence-electron chi connectivity index (χ1n) is 8.71. The maximum atomic E-state index is 9.72. The average Bonchev–Trinajstić information content (AvgIpc) is 3.14. The minimum atomic E-state index is -0.0438. The van der Waals surface area contributed by atoms with Gasteiger partial charge in [0.2, 0.25) is 0 Å². The largest absolute Gasteiger partial charge is 0.507 e. The predicted molar refractivity (Wildman–Crippen MR) is 108 cm³/mol. The Bertz CT molecular complexity index is 1200. The first kappa shape index (κ1) is 18.5. The van der Waals surface area contributed by atoms with Crippen LogP contribution in [0.4, 0.5) is 0 Å². The lowest BCUT2D eigenvalue weighted by molar-refractivity contribution is 0.280. The molecule has 0 aliphatic heterocycles. The Kier molecular flexibility index (Phi) is 5.14. The van der Waals surface area contributed by atoms with Crippen molar-refractivity contribution in [1.29, 1.82) is 5.26 Å². The number of thiazole rings is 1. The number of rotatable bonds is 5. The molecule has 0 saturated carbocycles. The zero-order valence-electron chi connectivity index (χ0n) is 15.4. The number of ether oxygens (including phenoxy) is 1. The van der Waals surface area contributed by atoms with Crippen molar-refractivity contribution in [3.8, 4) is 39.7 Å². The summed E-state index contributed by atoms with van der Waals surface area (Å²) in [5.74, 6) is -0.0438. The van der Waals surface area contributed by atoms with Crippen LogP contribution < -0.4 is 4.74 Å². The lowest BCUT2D eigenvalue weighted by Crippen LogP contribution is -1.98. The van der Waals surface area contributed by atoms with E-state index in [4.69, 9.17) is 15.0 Å². The molecule has 0 fully saturated rings. The lowest BCUT2D eigenvalue weighted by Gasteiger charge is -2.05. The highest BCUT2D eigenvalue weighted by molar-refractivity contribution is 7.15. The van der Waals surface area contributed by atoms with Gasteiger partial charge in [-0.1, -0.05) is 6.07 Å². The van der Waals surface area contributed by atoms with Gasteiger partial charge in [-0.2, -0.15) is 5.26 Å². The minimum absolute atomic E-state index is 0.0438. The van der Waals surface area contributed by atoms with Crippen molar-refractivity contribution in [2.24, 2.45) is 0 Å². The van der Waals surface area contributed by atoms with E-state index in [-0.39, 0.29) is 17.9 Å². The van der Waals surface area contributed by atoms with E-state index in [1.807, 2.05) is 31.2 Å². The third kappa shape index (κ3) is 4.05. The van der Waals surface area contributed by atoms with Crippen LogP contribution in [0.3, 0.4) is 0 Å².